The van der Waals surface area contributed by atoms with E-state index in [1.54, 1.807) is 0 Å². The van der Waals surface area contributed by atoms with Gasteiger partial charge in [0.1, 0.15) is 12.1 Å². The first-order valence-corrected chi connectivity index (χ1v) is 7.02. The Kier molecular flexibility index (Phi) is 5.15. The molecule has 0 aliphatic carbocycles. The average Bonchev–Trinajstić information content (AvgIpc) is 2.52. The summed E-state index contributed by atoms with van der Waals surface area (Å²) >= 11 is 0. The predicted molar refractivity (Wildman–Crippen MR) is 74.8 cm³/mol. The molecule has 1 aromatic rings. The van der Waals surface area contributed by atoms with Crippen molar-refractivity contribution in [2.45, 2.75) is 26.2 Å². The van der Waals surface area contributed by atoms with Gasteiger partial charge in [-0.25, -0.2) is 9.97 Å². The molecule has 1 aliphatic rings. The third-order valence-electron chi connectivity index (χ3n) is 3.36. The lowest BCUT2D eigenvalue weighted by molar-refractivity contribution is -0.145. The largest absolute Gasteiger partial charge is 0.478 e. The molecule has 20 heavy (non-hydrogen) atoms. The molecule has 1 fully saturated rings. The van der Waals surface area contributed by atoms with E-state index in [1.807, 2.05) is 13.0 Å². The highest BCUT2D eigenvalue weighted by Gasteiger charge is 2.27. The fraction of sp³-hybridized carbons (Fsp3) is 0.643. The van der Waals surface area contributed by atoms with Crippen LogP contribution in [0.5, 0.6) is 5.88 Å². The molecular weight excluding hydrogens is 258 g/mol. The Morgan fingerprint density at radius 2 is 2.35 bits per heavy atom. The molecule has 0 spiro atoms. The van der Waals surface area contributed by atoms with E-state index in [0.717, 1.165) is 31.6 Å². The number of piperidine rings is 1. The molecule has 1 saturated heterocycles. The fourth-order valence-electron chi connectivity index (χ4n) is 2.33. The van der Waals surface area contributed by atoms with Gasteiger partial charge in [0.15, 0.2) is 0 Å². The zero-order valence-electron chi connectivity index (χ0n) is 12.0. The normalized spacial score (nSPS) is 18.7. The Hall–Kier alpha value is -1.85. The maximum Gasteiger partial charge on any atom is 0.310 e. The van der Waals surface area contributed by atoms with E-state index in [1.165, 1.54) is 13.4 Å². The standard InChI is InChI=1S/C14H21N3O3/c1-3-7-20-13-8-12(15-10-16-13)17-6-4-5-11(9-17)14(18)19-2/h8,10-11H,3-7,9H2,1-2H3. The van der Waals surface area contributed by atoms with Crippen LogP contribution in [-0.2, 0) is 9.53 Å². The molecule has 0 aromatic carbocycles. The molecule has 110 valence electrons. The summed E-state index contributed by atoms with van der Waals surface area (Å²) in [7, 11) is 1.43. The maximum absolute atomic E-state index is 11.6. The lowest BCUT2D eigenvalue weighted by atomic mass is 9.98. The van der Waals surface area contributed by atoms with E-state index in [4.69, 9.17) is 9.47 Å². The van der Waals surface area contributed by atoms with Crippen LogP contribution in [0.4, 0.5) is 5.82 Å². The summed E-state index contributed by atoms with van der Waals surface area (Å²) in [5.74, 6) is 1.16. The number of nitrogens with zero attached hydrogens (tertiary/aromatic N) is 3. The molecule has 0 bridgehead atoms. The van der Waals surface area contributed by atoms with E-state index in [-0.39, 0.29) is 11.9 Å². The summed E-state index contributed by atoms with van der Waals surface area (Å²) in [4.78, 5) is 22.1. The zero-order chi connectivity index (χ0) is 14.4. The number of methoxy groups -OCH3 is 1. The number of hydrogen-bond donors (Lipinski definition) is 0. The molecule has 6 nitrogen and oxygen atoms in total. The molecule has 2 heterocycles. The smallest absolute Gasteiger partial charge is 0.310 e. The summed E-state index contributed by atoms with van der Waals surface area (Å²) in [5.41, 5.74) is 0. The average molecular weight is 279 g/mol. The van der Waals surface area contributed by atoms with Crippen LogP contribution in [0.1, 0.15) is 26.2 Å². The second-order valence-corrected chi connectivity index (χ2v) is 4.87. The zero-order valence-corrected chi connectivity index (χ0v) is 12.0. The molecule has 1 aliphatic heterocycles. The van der Waals surface area contributed by atoms with Crippen LogP contribution < -0.4 is 9.64 Å². The first-order chi connectivity index (χ1) is 9.74. The van der Waals surface area contributed by atoms with Crippen molar-refractivity contribution in [3.8, 4) is 5.88 Å². The van der Waals surface area contributed by atoms with Crippen molar-refractivity contribution in [3.05, 3.63) is 12.4 Å². The van der Waals surface area contributed by atoms with Gasteiger partial charge in [-0.2, -0.15) is 0 Å². The summed E-state index contributed by atoms with van der Waals surface area (Å²) in [5, 5.41) is 0. The summed E-state index contributed by atoms with van der Waals surface area (Å²) in [6.45, 7) is 4.21. The van der Waals surface area contributed by atoms with Gasteiger partial charge in [-0.05, 0) is 19.3 Å². The Bertz CT molecular complexity index is 453. The van der Waals surface area contributed by atoms with E-state index in [0.29, 0.717) is 19.0 Å². The number of anilines is 1. The van der Waals surface area contributed by atoms with Crippen molar-refractivity contribution in [2.24, 2.45) is 5.92 Å². The van der Waals surface area contributed by atoms with E-state index in [9.17, 15) is 4.79 Å². The van der Waals surface area contributed by atoms with Gasteiger partial charge in [0.05, 0.1) is 19.6 Å². The van der Waals surface area contributed by atoms with Gasteiger partial charge in [0.2, 0.25) is 5.88 Å². The predicted octanol–water partition coefficient (Wildman–Crippen LogP) is 1.65. The SMILES string of the molecule is CCCOc1cc(N2CCCC(C(=O)OC)C2)ncn1. The number of esters is 1. The van der Waals surface area contributed by atoms with Crippen molar-refractivity contribution in [1.82, 2.24) is 9.97 Å². The third kappa shape index (κ3) is 3.59. The van der Waals surface area contributed by atoms with Gasteiger partial charge >= 0.3 is 5.97 Å². The van der Waals surface area contributed by atoms with Gasteiger partial charge in [-0.1, -0.05) is 6.92 Å². The molecule has 2 rings (SSSR count). The molecule has 6 heteroatoms. The number of aromatic nitrogens is 2. The summed E-state index contributed by atoms with van der Waals surface area (Å²) in [6, 6.07) is 1.83. The molecule has 0 saturated carbocycles. The lowest BCUT2D eigenvalue weighted by Crippen LogP contribution is -2.39. The van der Waals surface area contributed by atoms with Crippen LogP contribution >= 0.6 is 0 Å². The monoisotopic (exact) mass is 279 g/mol. The fourth-order valence-corrected chi connectivity index (χ4v) is 2.33. The first-order valence-electron chi connectivity index (χ1n) is 7.02. The Morgan fingerprint density at radius 3 is 3.10 bits per heavy atom. The van der Waals surface area contributed by atoms with Gasteiger partial charge in [0.25, 0.3) is 0 Å². The second-order valence-electron chi connectivity index (χ2n) is 4.87. The maximum atomic E-state index is 11.6. The third-order valence-corrected chi connectivity index (χ3v) is 3.36. The van der Waals surface area contributed by atoms with E-state index < -0.39 is 0 Å². The second kappa shape index (κ2) is 7.07. The highest BCUT2D eigenvalue weighted by atomic mass is 16.5. The molecule has 0 radical (unpaired) electrons. The highest BCUT2D eigenvalue weighted by Crippen LogP contribution is 2.24. The minimum atomic E-state index is -0.147. The van der Waals surface area contributed by atoms with Crippen molar-refractivity contribution >= 4 is 11.8 Å². The van der Waals surface area contributed by atoms with Crippen LogP contribution in [-0.4, -0.2) is 42.7 Å². The van der Waals surface area contributed by atoms with Crippen LogP contribution in [0.15, 0.2) is 12.4 Å². The van der Waals surface area contributed by atoms with E-state index >= 15 is 0 Å². The number of carbonyl (C=O) groups is 1. The molecule has 1 aromatic heterocycles. The minimum Gasteiger partial charge on any atom is -0.478 e. The number of ether oxygens (including phenoxy) is 2. The quantitative estimate of drug-likeness (QED) is 0.764. The number of rotatable bonds is 5. The van der Waals surface area contributed by atoms with Gasteiger partial charge in [-0.15, -0.1) is 0 Å². The number of hydrogen-bond acceptors (Lipinski definition) is 6. The minimum absolute atomic E-state index is 0.0799. The Labute approximate surface area is 119 Å². The Morgan fingerprint density at radius 1 is 1.50 bits per heavy atom. The Balaban J connectivity index is 2.04. The van der Waals surface area contributed by atoms with E-state index in [2.05, 4.69) is 14.9 Å². The van der Waals surface area contributed by atoms with Gasteiger partial charge < -0.3 is 14.4 Å². The molecule has 1 unspecified atom stereocenters. The highest BCUT2D eigenvalue weighted by molar-refractivity contribution is 5.73. The van der Waals surface area contributed by atoms with Crippen molar-refractivity contribution in [3.63, 3.8) is 0 Å². The molecular formula is C14H21N3O3. The van der Waals surface area contributed by atoms with Crippen LogP contribution in [0.3, 0.4) is 0 Å². The first kappa shape index (κ1) is 14.6. The van der Waals surface area contributed by atoms with Gasteiger partial charge in [0, 0.05) is 19.2 Å². The van der Waals surface area contributed by atoms with Crippen molar-refractivity contribution in [1.29, 1.82) is 0 Å². The topological polar surface area (TPSA) is 64.5 Å². The van der Waals surface area contributed by atoms with Crippen molar-refractivity contribution < 1.29 is 14.3 Å². The van der Waals surface area contributed by atoms with Crippen LogP contribution in [0.25, 0.3) is 0 Å². The van der Waals surface area contributed by atoms with Crippen LogP contribution in [0.2, 0.25) is 0 Å². The molecule has 0 amide bonds. The van der Waals surface area contributed by atoms with Crippen LogP contribution in [0, 0.1) is 5.92 Å². The lowest BCUT2D eigenvalue weighted by Gasteiger charge is -2.32. The number of carbonyl (C=O) groups excluding carboxylic acids is 1. The summed E-state index contributed by atoms with van der Waals surface area (Å²) < 4.78 is 10.3. The molecule has 0 N–H and O–H groups in total. The molecule has 1 atom stereocenters. The van der Waals surface area contributed by atoms with Crippen molar-refractivity contribution in [2.75, 3.05) is 31.7 Å². The van der Waals surface area contributed by atoms with Gasteiger partial charge in [-0.3, -0.25) is 4.79 Å². The summed E-state index contributed by atoms with van der Waals surface area (Å²) in [6.07, 6.45) is 4.26.